The minimum atomic E-state index is -0.0913. The average molecular weight is 286 g/mol. The Balaban J connectivity index is 1.35. The smallest absolute Gasteiger partial charge is 0.251 e. The molecule has 4 heteroatoms. The number of amides is 2. The summed E-state index contributed by atoms with van der Waals surface area (Å²) in [5.41, 5.74) is 1.79. The Morgan fingerprint density at radius 1 is 1.00 bits per heavy atom. The first-order valence-electron chi connectivity index (χ1n) is 7.76. The van der Waals surface area contributed by atoms with Crippen molar-refractivity contribution in [1.82, 2.24) is 10.6 Å². The van der Waals surface area contributed by atoms with Gasteiger partial charge in [0.25, 0.3) is 5.91 Å². The number of hydrogen-bond acceptors (Lipinski definition) is 2. The number of carbonyl (C=O) groups is 2. The lowest BCUT2D eigenvalue weighted by atomic mass is 10.0. The van der Waals surface area contributed by atoms with Crippen molar-refractivity contribution in [2.75, 3.05) is 13.1 Å². The van der Waals surface area contributed by atoms with Crippen molar-refractivity contribution in [3.05, 3.63) is 35.4 Å². The molecule has 2 N–H and O–H groups in total. The molecular weight excluding hydrogens is 264 g/mol. The molecule has 4 nitrogen and oxygen atoms in total. The van der Waals surface area contributed by atoms with E-state index in [4.69, 9.17) is 0 Å². The van der Waals surface area contributed by atoms with Crippen LogP contribution in [0.4, 0.5) is 0 Å². The zero-order chi connectivity index (χ0) is 14.8. The largest absolute Gasteiger partial charge is 0.354 e. The minimum absolute atomic E-state index is 0.0913. The van der Waals surface area contributed by atoms with E-state index in [1.165, 1.54) is 6.42 Å². The van der Waals surface area contributed by atoms with E-state index in [2.05, 4.69) is 10.6 Å². The van der Waals surface area contributed by atoms with Gasteiger partial charge in [0.2, 0.25) is 5.91 Å². The van der Waals surface area contributed by atoms with E-state index in [0.29, 0.717) is 18.7 Å². The molecule has 2 aliphatic rings. The van der Waals surface area contributed by atoms with E-state index in [-0.39, 0.29) is 17.7 Å². The van der Waals surface area contributed by atoms with E-state index >= 15 is 0 Å². The lowest BCUT2D eigenvalue weighted by Crippen LogP contribution is -2.37. The third-order valence-corrected chi connectivity index (χ3v) is 4.64. The van der Waals surface area contributed by atoms with Crippen LogP contribution in [0.3, 0.4) is 0 Å². The van der Waals surface area contributed by atoms with Gasteiger partial charge in [-0.3, -0.25) is 9.59 Å². The maximum Gasteiger partial charge on any atom is 0.251 e. The van der Waals surface area contributed by atoms with Crippen molar-refractivity contribution in [2.24, 2.45) is 17.8 Å². The summed E-state index contributed by atoms with van der Waals surface area (Å²) in [6.07, 6.45) is 3.45. The molecule has 0 spiro atoms. The van der Waals surface area contributed by atoms with Crippen LogP contribution in [0.2, 0.25) is 0 Å². The fourth-order valence-electron chi connectivity index (χ4n) is 3.24. The maximum absolute atomic E-state index is 11.9. The third-order valence-electron chi connectivity index (χ3n) is 4.64. The summed E-state index contributed by atoms with van der Waals surface area (Å²) in [6, 6.07) is 7.46. The second kappa shape index (κ2) is 5.88. The Morgan fingerprint density at radius 2 is 1.62 bits per heavy atom. The van der Waals surface area contributed by atoms with Crippen LogP contribution in [0.5, 0.6) is 0 Å². The van der Waals surface area contributed by atoms with Crippen LogP contribution in [0.15, 0.2) is 24.3 Å². The van der Waals surface area contributed by atoms with Gasteiger partial charge < -0.3 is 10.6 Å². The van der Waals surface area contributed by atoms with E-state index in [1.54, 1.807) is 0 Å². The Labute approximate surface area is 125 Å². The van der Waals surface area contributed by atoms with Gasteiger partial charge in [-0.05, 0) is 50.2 Å². The molecule has 0 saturated heterocycles. The van der Waals surface area contributed by atoms with E-state index in [0.717, 1.165) is 30.2 Å². The summed E-state index contributed by atoms with van der Waals surface area (Å²) in [6.45, 7) is 2.96. The number of benzene rings is 1. The molecule has 2 fully saturated rings. The van der Waals surface area contributed by atoms with Gasteiger partial charge >= 0.3 is 0 Å². The Morgan fingerprint density at radius 3 is 2.29 bits per heavy atom. The van der Waals surface area contributed by atoms with Gasteiger partial charge in [-0.15, -0.1) is 0 Å². The molecule has 1 aromatic rings. The monoisotopic (exact) mass is 286 g/mol. The normalized spacial score (nSPS) is 26.0. The van der Waals surface area contributed by atoms with Gasteiger partial charge in [0.05, 0.1) is 0 Å². The van der Waals surface area contributed by atoms with Crippen molar-refractivity contribution >= 4 is 11.8 Å². The highest BCUT2D eigenvalue weighted by Gasteiger charge is 2.47. The molecule has 2 amide bonds. The zero-order valence-electron chi connectivity index (χ0n) is 12.4. The van der Waals surface area contributed by atoms with Crippen LogP contribution >= 0.6 is 0 Å². The van der Waals surface area contributed by atoms with Crippen LogP contribution in [-0.4, -0.2) is 24.9 Å². The van der Waals surface area contributed by atoms with Crippen LogP contribution in [0.25, 0.3) is 0 Å². The van der Waals surface area contributed by atoms with E-state index in [1.807, 2.05) is 31.2 Å². The molecule has 1 aromatic carbocycles. The summed E-state index contributed by atoms with van der Waals surface area (Å²) >= 11 is 0. The predicted octanol–water partition coefficient (Wildman–Crippen LogP) is 1.89. The van der Waals surface area contributed by atoms with Crippen LogP contribution < -0.4 is 10.6 Å². The topological polar surface area (TPSA) is 58.2 Å². The van der Waals surface area contributed by atoms with E-state index < -0.39 is 0 Å². The molecule has 0 aromatic heterocycles. The van der Waals surface area contributed by atoms with Gasteiger partial charge in [-0.1, -0.05) is 17.7 Å². The minimum Gasteiger partial charge on any atom is -0.354 e. The zero-order valence-corrected chi connectivity index (χ0v) is 12.4. The highest BCUT2D eigenvalue weighted by atomic mass is 16.2. The second-order valence-corrected chi connectivity index (χ2v) is 6.34. The first-order chi connectivity index (χ1) is 10.1. The molecular formula is C17H22N2O2. The number of hydrogen-bond donors (Lipinski definition) is 2. The number of carbonyl (C=O) groups excluding carboxylic acids is 2. The molecule has 3 rings (SSSR count). The number of rotatable bonds is 5. The van der Waals surface area contributed by atoms with E-state index in [9.17, 15) is 9.59 Å². The standard InChI is InChI=1S/C17H22N2O2/c1-11-2-4-12(5-3-11)16(20)18-6-7-19-17(21)15-9-13-8-14(13)10-15/h2-5,13-15H,6-10H2,1H3,(H,18,20)(H,19,21). The highest BCUT2D eigenvalue weighted by Crippen LogP contribution is 2.54. The number of fused-ring (bicyclic) bond motifs is 1. The Kier molecular flexibility index (Phi) is 3.95. The molecule has 2 saturated carbocycles. The number of aryl methyl sites for hydroxylation is 1. The SMILES string of the molecule is Cc1ccc(C(=O)NCCNC(=O)C2CC3CC3C2)cc1. The molecule has 2 aliphatic carbocycles. The Hall–Kier alpha value is -1.84. The number of nitrogens with one attached hydrogen (secondary N) is 2. The molecule has 0 bridgehead atoms. The molecule has 2 atom stereocenters. The summed E-state index contributed by atoms with van der Waals surface area (Å²) in [5.74, 6) is 1.92. The summed E-state index contributed by atoms with van der Waals surface area (Å²) in [7, 11) is 0. The van der Waals surface area contributed by atoms with Gasteiger partial charge in [0.15, 0.2) is 0 Å². The Bertz CT molecular complexity index is 528. The first kappa shape index (κ1) is 14.1. The molecule has 21 heavy (non-hydrogen) atoms. The van der Waals surface area contributed by atoms with Crippen molar-refractivity contribution < 1.29 is 9.59 Å². The maximum atomic E-state index is 11.9. The highest BCUT2D eigenvalue weighted by molar-refractivity contribution is 5.94. The summed E-state index contributed by atoms with van der Waals surface area (Å²) in [5, 5.41) is 5.76. The quantitative estimate of drug-likeness (QED) is 0.812. The molecule has 0 aliphatic heterocycles. The predicted molar refractivity (Wildman–Crippen MR) is 80.8 cm³/mol. The second-order valence-electron chi connectivity index (χ2n) is 6.34. The van der Waals surface area contributed by atoms with Crippen molar-refractivity contribution in [3.8, 4) is 0 Å². The summed E-state index contributed by atoms with van der Waals surface area (Å²) < 4.78 is 0. The molecule has 0 radical (unpaired) electrons. The third kappa shape index (κ3) is 3.43. The molecule has 0 heterocycles. The summed E-state index contributed by atoms with van der Waals surface area (Å²) in [4.78, 5) is 23.8. The van der Waals surface area contributed by atoms with Gasteiger partial charge in [0.1, 0.15) is 0 Å². The molecule has 112 valence electrons. The fourth-order valence-corrected chi connectivity index (χ4v) is 3.24. The fraction of sp³-hybridized carbons (Fsp3) is 0.529. The van der Waals surface area contributed by atoms with Gasteiger partial charge in [-0.25, -0.2) is 0 Å². The van der Waals surface area contributed by atoms with Crippen LogP contribution in [-0.2, 0) is 4.79 Å². The van der Waals surface area contributed by atoms with Gasteiger partial charge in [-0.2, -0.15) is 0 Å². The van der Waals surface area contributed by atoms with Crippen LogP contribution in [0, 0.1) is 24.7 Å². The first-order valence-corrected chi connectivity index (χ1v) is 7.76. The van der Waals surface area contributed by atoms with Crippen molar-refractivity contribution in [1.29, 1.82) is 0 Å². The van der Waals surface area contributed by atoms with Gasteiger partial charge in [0, 0.05) is 24.6 Å². The van der Waals surface area contributed by atoms with Crippen molar-refractivity contribution in [2.45, 2.75) is 26.2 Å². The van der Waals surface area contributed by atoms with Crippen molar-refractivity contribution in [3.63, 3.8) is 0 Å². The average Bonchev–Trinajstić information content (AvgIpc) is 3.10. The lowest BCUT2D eigenvalue weighted by molar-refractivity contribution is -0.125. The van der Waals surface area contributed by atoms with Crippen LogP contribution in [0.1, 0.15) is 35.2 Å². The molecule has 2 unspecified atom stereocenters. The lowest BCUT2D eigenvalue weighted by Gasteiger charge is -2.12.